The fourth-order valence-electron chi connectivity index (χ4n) is 0.107. The molecule has 18 heavy (non-hydrogen) atoms. The average molecular weight is 287 g/mol. The van der Waals surface area contributed by atoms with Gasteiger partial charge in [-0.15, -0.1) is 0 Å². The van der Waals surface area contributed by atoms with Gasteiger partial charge in [0.2, 0.25) is 6.41 Å². The first-order valence-electron chi connectivity index (χ1n) is 3.75. The number of alkyl halides is 3. The first-order chi connectivity index (χ1) is 7.86. The maximum atomic E-state index is 11.0. The van der Waals surface area contributed by atoms with E-state index in [4.69, 9.17) is 0 Å². The van der Waals surface area contributed by atoms with Gasteiger partial charge in [0.1, 0.15) is 0 Å². The van der Waals surface area contributed by atoms with Gasteiger partial charge in [0.15, 0.2) is 0 Å². The SMILES string of the molecule is C=C(F)F.CN(C)C=O.FC(F)=C(F)C(F)(F)F. The molecule has 0 aliphatic heterocycles. The minimum absolute atomic E-state index is 0.750. The van der Waals surface area contributed by atoms with Gasteiger partial charge in [-0.3, -0.25) is 4.79 Å². The van der Waals surface area contributed by atoms with Crippen LogP contribution in [0.2, 0.25) is 0 Å². The second kappa shape index (κ2) is 10.5. The molecule has 10 heteroatoms. The summed E-state index contributed by atoms with van der Waals surface area (Å²) in [4.78, 5) is 10.9. The second-order valence-corrected chi connectivity index (χ2v) is 2.48. The van der Waals surface area contributed by atoms with Gasteiger partial charge in [0.25, 0.3) is 11.9 Å². The van der Waals surface area contributed by atoms with Gasteiger partial charge in [-0.05, 0) is 6.58 Å². The van der Waals surface area contributed by atoms with E-state index in [1.54, 1.807) is 14.1 Å². The van der Waals surface area contributed by atoms with Gasteiger partial charge in [-0.1, -0.05) is 0 Å². The predicted molar refractivity (Wildman–Crippen MR) is 47.5 cm³/mol. The van der Waals surface area contributed by atoms with Crippen LogP contribution in [0.3, 0.4) is 0 Å². The smallest absolute Gasteiger partial charge is 0.351 e. The third-order valence-electron chi connectivity index (χ3n) is 0.626. The lowest BCUT2D eigenvalue weighted by molar-refractivity contribution is -0.116. The maximum Gasteiger partial charge on any atom is 0.448 e. The van der Waals surface area contributed by atoms with E-state index in [0.29, 0.717) is 0 Å². The number of allylic oxidation sites excluding steroid dienone is 1. The molecule has 0 N–H and O–H groups in total. The molecule has 0 spiro atoms. The van der Waals surface area contributed by atoms with Gasteiger partial charge >= 0.3 is 12.3 Å². The summed E-state index contributed by atoms with van der Waals surface area (Å²) in [5, 5.41) is 0. The Morgan fingerprint density at radius 1 is 1.06 bits per heavy atom. The molecular formula is C8H9F8NO. The van der Waals surface area contributed by atoms with E-state index in [9.17, 15) is 39.9 Å². The highest BCUT2D eigenvalue weighted by Crippen LogP contribution is 2.29. The van der Waals surface area contributed by atoms with Crippen LogP contribution in [0.1, 0.15) is 0 Å². The Kier molecular flexibility index (Phi) is 12.7. The molecule has 0 aromatic carbocycles. The summed E-state index contributed by atoms with van der Waals surface area (Å²) in [7, 11) is 3.38. The summed E-state index contributed by atoms with van der Waals surface area (Å²) < 4.78 is 85.1. The van der Waals surface area contributed by atoms with Gasteiger partial charge < -0.3 is 4.90 Å². The van der Waals surface area contributed by atoms with E-state index in [1.807, 2.05) is 0 Å². The van der Waals surface area contributed by atoms with Crippen molar-refractivity contribution in [3.05, 3.63) is 24.6 Å². The van der Waals surface area contributed by atoms with Crippen molar-refractivity contribution in [2.45, 2.75) is 6.18 Å². The highest BCUT2D eigenvalue weighted by atomic mass is 19.4. The number of hydrogen-bond acceptors (Lipinski definition) is 1. The second-order valence-electron chi connectivity index (χ2n) is 2.48. The number of nitrogens with zero attached hydrogens (tertiary/aromatic N) is 1. The Labute approximate surface area is 97.2 Å². The molecule has 0 aromatic rings. The maximum absolute atomic E-state index is 11.0. The van der Waals surface area contributed by atoms with Crippen molar-refractivity contribution >= 4 is 6.41 Å². The third-order valence-corrected chi connectivity index (χ3v) is 0.626. The molecule has 0 heterocycles. The number of carbonyl (C=O) groups excluding carboxylic acids is 1. The van der Waals surface area contributed by atoms with Crippen molar-refractivity contribution in [3.63, 3.8) is 0 Å². The lowest BCUT2D eigenvalue weighted by atomic mass is 10.6. The van der Waals surface area contributed by atoms with E-state index in [1.165, 1.54) is 4.90 Å². The Morgan fingerprint density at radius 2 is 1.28 bits per heavy atom. The minimum atomic E-state index is -5.56. The van der Waals surface area contributed by atoms with Crippen LogP contribution < -0.4 is 0 Å². The molecule has 0 fully saturated rings. The topological polar surface area (TPSA) is 20.3 Å². The summed E-state index contributed by atoms with van der Waals surface area (Å²) in [5.41, 5.74) is 0. The summed E-state index contributed by atoms with van der Waals surface area (Å²) >= 11 is 0. The van der Waals surface area contributed by atoms with Gasteiger partial charge in [0.05, 0.1) is 0 Å². The Morgan fingerprint density at radius 3 is 1.28 bits per heavy atom. The van der Waals surface area contributed by atoms with Crippen LogP contribution in [0.4, 0.5) is 35.1 Å². The molecule has 0 saturated heterocycles. The quantitative estimate of drug-likeness (QED) is 0.531. The average Bonchev–Trinajstić information content (AvgIpc) is 2.15. The lowest BCUT2D eigenvalue weighted by Crippen LogP contribution is -2.08. The minimum Gasteiger partial charge on any atom is -0.351 e. The Bertz CT molecular complexity index is 275. The molecular weight excluding hydrogens is 278 g/mol. The zero-order chi connectivity index (χ0) is 15.5. The normalized spacial score (nSPS) is 9.00. The molecule has 0 aromatic heterocycles. The van der Waals surface area contributed by atoms with Gasteiger partial charge in [0, 0.05) is 14.1 Å². The van der Waals surface area contributed by atoms with Crippen molar-refractivity contribution in [1.29, 1.82) is 0 Å². The monoisotopic (exact) mass is 287 g/mol. The summed E-state index contributed by atoms with van der Waals surface area (Å²) in [5.74, 6) is -3.33. The van der Waals surface area contributed by atoms with E-state index in [-0.39, 0.29) is 0 Å². The van der Waals surface area contributed by atoms with Crippen LogP contribution in [0, 0.1) is 0 Å². The molecule has 0 radical (unpaired) electrons. The molecule has 0 bridgehead atoms. The number of amides is 1. The molecule has 108 valence electrons. The molecule has 0 aliphatic rings. The van der Waals surface area contributed by atoms with Gasteiger partial charge in [-0.2, -0.15) is 35.1 Å². The Hall–Kier alpha value is -1.61. The lowest BCUT2D eigenvalue weighted by Gasteiger charge is -1.98. The number of halogens is 8. The largest absolute Gasteiger partial charge is 0.448 e. The molecule has 0 saturated carbocycles. The van der Waals surface area contributed by atoms with Crippen molar-refractivity contribution in [2.75, 3.05) is 14.1 Å². The highest BCUT2D eigenvalue weighted by molar-refractivity contribution is 5.45. The summed E-state index contributed by atoms with van der Waals surface area (Å²) in [6, 6.07) is 0. The van der Waals surface area contributed by atoms with Crippen LogP contribution in [0.5, 0.6) is 0 Å². The summed E-state index contributed by atoms with van der Waals surface area (Å²) in [6.45, 7) is 2.22. The van der Waals surface area contributed by atoms with Crippen LogP contribution in [0.15, 0.2) is 24.6 Å². The van der Waals surface area contributed by atoms with Crippen molar-refractivity contribution in [1.82, 2.24) is 4.90 Å². The molecule has 0 rings (SSSR count). The van der Waals surface area contributed by atoms with E-state index < -0.39 is 24.2 Å². The van der Waals surface area contributed by atoms with Crippen molar-refractivity contribution in [3.8, 4) is 0 Å². The first-order valence-corrected chi connectivity index (χ1v) is 3.75. The van der Waals surface area contributed by atoms with E-state index in [2.05, 4.69) is 6.58 Å². The number of hydrogen-bond donors (Lipinski definition) is 0. The third kappa shape index (κ3) is 23.9. The summed E-state index contributed by atoms with van der Waals surface area (Å²) in [6.07, 6.45) is -9.98. The zero-order valence-corrected chi connectivity index (χ0v) is 9.16. The van der Waals surface area contributed by atoms with Crippen molar-refractivity contribution in [2.24, 2.45) is 0 Å². The fraction of sp³-hybridized carbons (Fsp3) is 0.375. The van der Waals surface area contributed by atoms with Gasteiger partial charge in [-0.25, -0.2) is 0 Å². The van der Waals surface area contributed by atoms with Crippen LogP contribution in [0.25, 0.3) is 0 Å². The van der Waals surface area contributed by atoms with Crippen molar-refractivity contribution < 1.29 is 39.9 Å². The molecule has 0 unspecified atom stereocenters. The number of carbonyl (C=O) groups is 1. The highest BCUT2D eigenvalue weighted by Gasteiger charge is 2.38. The first kappa shape index (κ1) is 21.7. The molecule has 2 nitrogen and oxygen atoms in total. The standard InChI is InChI=1S/C3F6.C3H7NO.C2H2F2/c4-1(2(5)6)3(7,8)9;1-4(2)3-5;1-2(3)4/h;3H,1-2H3;1H2. The molecule has 0 atom stereocenters. The van der Waals surface area contributed by atoms with Crippen LogP contribution in [-0.2, 0) is 4.79 Å². The van der Waals surface area contributed by atoms with E-state index >= 15 is 0 Å². The number of rotatable bonds is 1. The van der Waals surface area contributed by atoms with E-state index in [0.717, 1.165) is 6.41 Å². The van der Waals surface area contributed by atoms with Crippen LogP contribution in [-0.4, -0.2) is 31.6 Å². The fourth-order valence-corrected chi connectivity index (χ4v) is 0.107. The molecule has 0 aliphatic carbocycles. The predicted octanol–water partition coefficient (Wildman–Crippen LogP) is 3.73. The Balaban J connectivity index is -0.000000212. The zero-order valence-electron chi connectivity index (χ0n) is 9.16. The van der Waals surface area contributed by atoms with Crippen LogP contribution >= 0.6 is 0 Å². The molecule has 1 amide bonds.